The molecule has 0 unspecified atom stereocenters. The van der Waals surface area contributed by atoms with Crippen LogP contribution in [0.5, 0.6) is 0 Å². The van der Waals surface area contributed by atoms with Crippen molar-refractivity contribution in [2.75, 3.05) is 39.9 Å². The predicted octanol–water partition coefficient (Wildman–Crippen LogP) is 1.10. The van der Waals surface area contributed by atoms with Crippen LogP contribution in [-0.4, -0.2) is 50.8 Å². The van der Waals surface area contributed by atoms with Crippen LogP contribution in [0.15, 0.2) is 0 Å². The van der Waals surface area contributed by atoms with Crippen LogP contribution in [0.1, 0.15) is 25.7 Å². The quantitative estimate of drug-likeness (QED) is 0.758. The molecule has 2 aliphatic rings. The summed E-state index contributed by atoms with van der Waals surface area (Å²) in [6, 6.07) is 0.814. The zero-order chi connectivity index (χ0) is 10.5. The van der Waals surface area contributed by atoms with Crippen molar-refractivity contribution < 1.29 is 4.74 Å². The third-order valence-electron chi connectivity index (χ3n) is 3.85. The third kappa shape index (κ3) is 3.16. The second-order valence-corrected chi connectivity index (χ2v) is 4.88. The van der Waals surface area contributed by atoms with Crippen LogP contribution in [0.25, 0.3) is 0 Å². The first-order valence-electron chi connectivity index (χ1n) is 6.36. The lowest BCUT2D eigenvalue weighted by Crippen LogP contribution is -2.45. The molecular formula is C12H24N2O. The molecule has 0 aliphatic carbocycles. The van der Waals surface area contributed by atoms with Crippen LogP contribution < -0.4 is 5.32 Å². The van der Waals surface area contributed by atoms with E-state index in [4.69, 9.17) is 4.74 Å². The highest BCUT2D eigenvalue weighted by Gasteiger charge is 2.25. The first kappa shape index (κ1) is 11.4. The van der Waals surface area contributed by atoms with Gasteiger partial charge in [-0.15, -0.1) is 0 Å². The van der Waals surface area contributed by atoms with Crippen molar-refractivity contribution in [1.82, 2.24) is 10.2 Å². The molecule has 0 amide bonds. The number of rotatable bonds is 3. The molecule has 2 rings (SSSR count). The molecule has 0 aromatic heterocycles. The Kier molecular flexibility index (Phi) is 4.42. The lowest BCUT2D eigenvalue weighted by atomic mass is 9.94. The van der Waals surface area contributed by atoms with E-state index >= 15 is 0 Å². The third-order valence-corrected chi connectivity index (χ3v) is 3.85. The van der Waals surface area contributed by atoms with Crippen LogP contribution in [0.2, 0.25) is 0 Å². The number of nitrogens with zero attached hydrogens (tertiary/aromatic N) is 1. The van der Waals surface area contributed by atoms with Gasteiger partial charge in [0, 0.05) is 19.3 Å². The van der Waals surface area contributed by atoms with E-state index in [0.717, 1.165) is 25.2 Å². The number of ether oxygens (including phenoxy) is 1. The van der Waals surface area contributed by atoms with Crippen LogP contribution in [0, 0.1) is 5.92 Å². The Labute approximate surface area is 93.2 Å². The van der Waals surface area contributed by atoms with Crippen LogP contribution >= 0.6 is 0 Å². The Balaban J connectivity index is 1.72. The summed E-state index contributed by atoms with van der Waals surface area (Å²) in [5, 5.41) is 3.29. The van der Waals surface area contributed by atoms with Gasteiger partial charge >= 0.3 is 0 Å². The summed E-state index contributed by atoms with van der Waals surface area (Å²) in [7, 11) is 2.06. The molecule has 0 atom stereocenters. The van der Waals surface area contributed by atoms with E-state index in [1.165, 1.54) is 45.3 Å². The zero-order valence-corrected chi connectivity index (χ0v) is 9.87. The van der Waals surface area contributed by atoms with Crippen molar-refractivity contribution in [2.24, 2.45) is 5.92 Å². The van der Waals surface area contributed by atoms with Gasteiger partial charge < -0.3 is 15.0 Å². The Morgan fingerprint density at radius 1 is 1.13 bits per heavy atom. The van der Waals surface area contributed by atoms with Gasteiger partial charge in [0.15, 0.2) is 0 Å². The Bertz CT molecular complexity index is 172. The Morgan fingerprint density at radius 3 is 2.40 bits per heavy atom. The largest absolute Gasteiger partial charge is 0.381 e. The van der Waals surface area contributed by atoms with E-state index in [0.29, 0.717) is 0 Å². The van der Waals surface area contributed by atoms with Crippen molar-refractivity contribution in [2.45, 2.75) is 31.7 Å². The second-order valence-electron chi connectivity index (χ2n) is 4.88. The first-order chi connectivity index (χ1) is 7.40. The van der Waals surface area contributed by atoms with Gasteiger partial charge in [0.05, 0.1) is 0 Å². The van der Waals surface area contributed by atoms with Crippen molar-refractivity contribution in [1.29, 1.82) is 0 Å². The smallest absolute Gasteiger partial charge is 0.0480 e. The van der Waals surface area contributed by atoms with Gasteiger partial charge in [-0.2, -0.15) is 0 Å². The van der Waals surface area contributed by atoms with Gasteiger partial charge in [-0.25, -0.2) is 0 Å². The monoisotopic (exact) mass is 212 g/mol. The Morgan fingerprint density at radius 2 is 1.80 bits per heavy atom. The fraction of sp³-hybridized carbons (Fsp3) is 1.00. The summed E-state index contributed by atoms with van der Waals surface area (Å²) in [5.74, 6) is 0.908. The summed E-state index contributed by atoms with van der Waals surface area (Å²) in [5.41, 5.74) is 0. The molecule has 1 N–H and O–H groups in total. The van der Waals surface area contributed by atoms with Gasteiger partial charge in [-0.3, -0.25) is 0 Å². The van der Waals surface area contributed by atoms with Gasteiger partial charge in [0.2, 0.25) is 0 Å². The first-order valence-corrected chi connectivity index (χ1v) is 6.36. The fourth-order valence-electron chi connectivity index (χ4n) is 2.86. The van der Waals surface area contributed by atoms with Crippen LogP contribution in [0.4, 0.5) is 0 Å². The van der Waals surface area contributed by atoms with Crippen molar-refractivity contribution >= 4 is 0 Å². The number of hydrogen-bond donors (Lipinski definition) is 1. The maximum absolute atomic E-state index is 5.41. The highest BCUT2D eigenvalue weighted by Crippen LogP contribution is 2.22. The van der Waals surface area contributed by atoms with Crippen LogP contribution in [-0.2, 0) is 4.74 Å². The van der Waals surface area contributed by atoms with E-state index in [1.54, 1.807) is 0 Å². The van der Waals surface area contributed by atoms with Crippen molar-refractivity contribution in [3.05, 3.63) is 0 Å². The molecule has 3 nitrogen and oxygen atoms in total. The molecule has 2 aliphatic heterocycles. The molecule has 0 aromatic rings. The molecule has 3 heteroatoms. The normalized spacial score (nSPS) is 27.0. The molecular weight excluding hydrogens is 188 g/mol. The fourth-order valence-corrected chi connectivity index (χ4v) is 2.86. The topological polar surface area (TPSA) is 24.5 Å². The highest BCUT2D eigenvalue weighted by atomic mass is 16.5. The minimum absolute atomic E-state index is 0.814. The molecule has 2 saturated heterocycles. The van der Waals surface area contributed by atoms with E-state index in [1.807, 2.05) is 0 Å². The van der Waals surface area contributed by atoms with Gasteiger partial charge in [0.1, 0.15) is 0 Å². The minimum atomic E-state index is 0.814. The molecule has 0 radical (unpaired) electrons. The zero-order valence-electron chi connectivity index (χ0n) is 9.87. The summed E-state index contributed by atoms with van der Waals surface area (Å²) >= 11 is 0. The summed E-state index contributed by atoms with van der Waals surface area (Å²) in [6.45, 7) is 5.75. The highest BCUT2D eigenvalue weighted by molar-refractivity contribution is 4.80. The average Bonchev–Trinajstić information content (AvgIpc) is 2.32. The number of likely N-dealkylation sites (tertiary alicyclic amines) is 1. The Hall–Kier alpha value is -0.120. The standard InChI is InChI=1S/C12H24N2O/c1-13-10-11-2-6-14(7-3-11)12-4-8-15-9-5-12/h11-13H,2-10H2,1H3. The number of nitrogens with one attached hydrogen (secondary N) is 1. The maximum Gasteiger partial charge on any atom is 0.0480 e. The second kappa shape index (κ2) is 5.83. The number of piperidine rings is 1. The van der Waals surface area contributed by atoms with E-state index in [2.05, 4.69) is 17.3 Å². The summed E-state index contributed by atoms with van der Waals surface area (Å²) in [6.07, 6.45) is 5.24. The predicted molar refractivity (Wildman–Crippen MR) is 62.1 cm³/mol. The van der Waals surface area contributed by atoms with Crippen molar-refractivity contribution in [3.63, 3.8) is 0 Å². The molecule has 88 valence electrons. The van der Waals surface area contributed by atoms with Gasteiger partial charge in [-0.1, -0.05) is 0 Å². The maximum atomic E-state index is 5.41. The molecule has 0 bridgehead atoms. The average molecular weight is 212 g/mol. The molecule has 15 heavy (non-hydrogen) atoms. The SMILES string of the molecule is CNCC1CCN(C2CCOCC2)CC1. The molecule has 0 spiro atoms. The van der Waals surface area contributed by atoms with Crippen LogP contribution in [0.3, 0.4) is 0 Å². The molecule has 0 saturated carbocycles. The summed E-state index contributed by atoms with van der Waals surface area (Å²) in [4.78, 5) is 2.69. The molecule has 2 heterocycles. The molecule has 0 aromatic carbocycles. The lowest BCUT2D eigenvalue weighted by molar-refractivity contribution is 0.0212. The van der Waals surface area contributed by atoms with Gasteiger partial charge in [0.25, 0.3) is 0 Å². The summed E-state index contributed by atoms with van der Waals surface area (Å²) < 4.78 is 5.41. The van der Waals surface area contributed by atoms with Gasteiger partial charge in [-0.05, 0) is 58.3 Å². The molecule has 2 fully saturated rings. The van der Waals surface area contributed by atoms with Crippen molar-refractivity contribution in [3.8, 4) is 0 Å². The number of hydrogen-bond acceptors (Lipinski definition) is 3. The van der Waals surface area contributed by atoms with E-state index in [-0.39, 0.29) is 0 Å². The lowest BCUT2D eigenvalue weighted by Gasteiger charge is -2.39. The van der Waals surface area contributed by atoms with E-state index in [9.17, 15) is 0 Å². The van der Waals surface area contributed by atoms with E-state index < -0.39 is 0 Å². The minimum Gasteiger partial charge on any atom is -0.381 e.